The van der Waals surface area contributed by atoms with Gasteiger partial charge >= 0.3 is 0 Å². The molecular formula is C32H35N5O5. The lowest BCUT2D eigenvalue weighted by molar-refractivity contribution is 0.0546. The number of likely N-dealkylation sites (tertiary alicyclic amines) is 1. The number of amides is 2. The molecular weight excluding hydrogens is 534 g/mol. The van der Waals surface area contributed by atoms with Crippen LogP contribution in [-0.4, -0.2) is 67.4 Å². The second-order valence-electron chi connectivity index (χ2n) is 10.6. The maximum absolute atomic E-state index is 12.9. The van der Waals surface area contributed by atoms with Crippen molar-refractivity contribution in [2.45, 2.75) is 45.6 Å². The first-order chi connectivity index (χ1) is 20.2. The van der Waals surface area contributed by atoms with Crippen molar-refractivity contribution >= 4 is 11.8 Å². The molecule has 0 aliphatic carbocycles. The Hall–Kier alpha value is -4.70. The van der Waals surface area contributed by atoms with E-state index >= 15 is 0 Å². The molecule has 1 aliphatic heterocycles. The van der Waals surface area contributed by atoms with E-state index in [-0.39, 0.29) is 35.4 Å². The topological polar surface area (TPSA) is 130 Å². The number of phenols is 1. The van der Waals surface area contributed by atoms with Gasteiger partial charge in [0.1, 0.15) is 17.2 Å². The number of phenolic OH excluding ortho intramolecular Hbond substituents is 1. The molecule has 0 spiro atoms. The second kappa shape index (κ2) is 12.4. The number of rotatable bonds is 8. The fraction of sp³-hybridized carbons (Fsp3) is 0.312. The number of aromatic hydroxyl groups is 1. The molecule has 2 heterocycles. The summed E-state index contributed by atoms with van der Waals surface area (Å²) in [5, 5.41) is 31.6. The highest BCUT2D eigenvalue weighted by molar-refractivity contribution is 5.94. The maximum atomic E-state index is 12.9. The molecule has 0 radical (unpaired) electrons. The molecule has 218 valence electrons. The molecule has 0 atom stereocenters. The first kappa shape index (κ1) is 28.8. The van der Waals surface area contributed by atoms with Gasteiger partial charge in [-0.3, -0.25) is 14.2 Å². The minimum Gasteiger partial charge on any atom is -0.507 e. The molecule has 3 aromatic carbocycles. The van der Waals surface area contributed by atoms with Crippen LogP contribution in [0.15, 0.2) is 66.7 Å². The smallest absolute Gasteiger partial charge is 0.289 e. The highest BCUT2D eigenvalue weighted by Gasteiger charge is 2.24. The van der Waals surface area contributed by atoms with Crippen LogP contribution < -0.4 is 10.1 Å². The largest absolute Gasteiger partial charge is 0.507 e. The van der Waals surface area contributed by atoms with Gasteiger partial charge in [-0.25, -0.2) is 0 Å². The summed E-state index contributed by atoms with van der Waals surface area (Å²) in [4.78, 5) is 27.4. The van der Waals surface area contributed by atoms with Crippen molar-refractivity contribution in [1.29, 1.82) is 0 Å². The number of ether oxygens (including phenoxy) is 1. The zero-order chi connectivity index (χ0) is 29.8. The van der Waals surface area contributed by atoms with Gasteiger partial charge in [0, 0.05) is 30.9 Å². The average molecular weight is 570 g/mol. The second-order valence-corrected chi connectivity index (χ2v) is 10.6. The quantitative estimate of drug-likeness (QED) is 0.275. The molecule has 1 saturated heterocycles. The van der Waals surface area contributed by atoms with E-state index in [9.17, 15) is 19.8 Å². The first-order valence-corrected chi connectivity index (χ1v) is 14.2. The normalized spacial score (nSPS) is 13.8. The van der Waals surface area contributed by atoms with Gasteiger partial charge in [0.25, 0.3) is 11.8 Å². The highest BCUT2D eigenvalue weighted by Crippen LogP contribution is 2.34. The zero-order valence-electron chi connectivity index (χ0n) is 23.9. The number of aliphatic hydroxyl groups excluding tert-OH is 1. The number of aliphatic hydroxyl groups is 1. The van der Waals surface area contributed by atoms with Gasteiger partial charge in [-0.2, -0.15) is 0 Å². The third-order valence-electron chi connectivity index (χ3n) is 7.32. The number of hydrogen-bond acceptors (Lipinski definition) is 7. The molecule has 0 unspecified atom stereocenters. The van der Waals surface area contributed by atoms with Gasteiger partial charge in [0.05, 0.1) is 11.7 Å². The van der Waals surface area contributed by atoms with Crippen LogP contribution in [0.2, 0.25) is 0 Å². The van der Waals surface area contributed by atoms with Gasteiger partial charge in [-0.05, 0) is 91.9 Å². The summed E-state index contributed by atoms with van der Waals surface area (Å²) in [5.41, 5.74) is 2.67. The minimum atomic E-state index is -0.383. The molecule has 4 aromatic rings. The van der Waals surface area contributed by atoms with Crippen LogP contribution in [-0.2, 0) is 0 Å². The number of carbonyl (C=O) groups excluding carboxylic acids is 2. The van der Waals surface area contributed by atoms with Crippen LogP contribution in [0.3, 0.4) is 0 Å². The van der Waals surface area contributed by atoms with Crippen molar-refractivity contribution in [3.8, 4) is 34.3 Å². The monoisotopic (exact) mass is 569 g/mol. The number of carbonyl (C=O) groups is 2. The molecule has 1 aromatic heterocycles. The van der Waals surface area contributed by atoms with Crippen molar-refractivity contribution in [3.05, 3.63) is 83.7 Å². The lowest BCUT2D eigenvalue weighted by atomic mass is 10.00. The van der Waals surface area contributed by atoms with Crippen LogP contribution >= 0.6 is 0 Å². The molecule has 2 amide bonds. The summed E-state index contributed by atoms with van der Waals surface area (Å²) in [6, 6.07) is 19.4. The molecule has 0 saturated carbocycles. The predicted octanol–water partition coefficient (Wildman–Crippen LogP) is 4.90. The van der Waals surface area contributed by atoms with Gasteiger partial charge in [-0.1, -0.05) is 19.9 Å². The van der Waals surface area contributed by atoms with Crippen LogP contribution in [0, 0.1) is 0 Å². The first-order valence-electron chi connectivity index (χ1n) is 14.2. The Morgan fingerprint density at radius 3 is 2.24 bits per heavy atom. The van der Waals surface area contributed by atoms with E-state index < -0.39 is 0 Å². The third-order valence-corrected chi connectivity index (χ3v) is 7.32. The lowest BCUT2D eigenvalue weighted by Crippen LogP contribution is -2.40. The van der Waals surface area contributed by atoms with Crippen LogP contribution in [0.4, 0.5) is 0 Å². The van der Waals surface area contributed by atoms with Gasteiger partial charge in [0.15, 0.2) is 5.82 Å². The number of nitrogens with one attached hydrogen (secondary N) is 1. The van der Waals surface area contributed by atoms with Crippen LogP contribution in [0.1, 0.15) is 66.1 Å². The number of aromatic nitrogens is 3. The van der Waals surface area contributed by atoms with Gasteiger partial charge < -0.3 is 25.2 Å². The lowest BCUT2D eigenvalue weighted by Gasteiger charge is -2.29. The molecule has 1 fully saturated rings. The Bertz CT molecular complexity index is 1560. The van der Waals surface area contributed by atoms with Crippen molar-refractivity contribution in [3.63, 3.8) is 0 Å². The summed E-state index contributed by atoms with van der Waals surface area (Å²) in [6.07, 6.45) is 0.849. The summed E-state index contributed by atoms with van der Waals surface area (Å²) in [5.74, 6) is 1.38. The number of nitrogens with zero attached hydrogens (tertiary/aromatic N) is 4. The molecule has 5 rings (SSSR count). The number of benzene rings is 3. The summed E-state index contributed by atoms with van der Waals surface area (Å²) < 4.78 is 7.64. The predicted molar refractivity (Wildman–Crippen MR) is 158 cm³/mol. The molecule has 0 bridgehead atoms. The third kappa shape index (κ3) is 6.13. The number of piperidine rings is 1. The Morgan fingerprint density at radius 1 is 0.976 bits per heavy atom. The number of hydrogen-bond donors (Lipinski definition) is 3. The van der Waals surface area contributed by atoms with Crippen molar-refractivity contribution in [1.82, 2.24) is 25.0 Å². The van der Waals surface area contributed by atoms with E-state index in [1.165, 1.54) is 0 Å². The van der Waals surface area contributed by atoms with Crippen molar-refractivity contribution in [2.24, 2.45) is 0 Å². The molecule has 10 heteroatoms. The van der Waals surface area contributed by atoms with E-state index in [0.29, 0.717) is 66.6 Å². The average Bonchev–Trinajstić information content (AvgIpc) is 3.43. The Labute approximate surface area is 244 Å². The standard InChI is InChI=1S/C32H35N5O5/c1-4-33-31(40)30-35-34-29(27-19-22(20(2)3)7-14-28(27)39)37(30)23-8-12-26(13-9-23)42-25-10-5-21(6-11-25)32(41)36-17-15-24(38)16-18-36/h5-14,19-20,24,38-39H,4,15-18H2,1-3H3,(H,33,40). The maximum Gasteiger partial charge on any atom is 0.289 e. The van der Waals surface area contributed by atoms with Crippen LogP contribution in [0.25, 0.3) is 17.1 Å². The minimum absolute atomic E-state index is 0.0373. The SMILES string of the molecule is CCNC(=O)c1nnc(-c2cc(C(C)C)ccc2O)n1-c1ccc(Oc2ccc(C(=O)N3CCC(O)CC3)cc2)cc1. The van der Waals surface area contributed by atoms with E-state index in [2.05, 4.69) is 29.4 Å². The van der Waals surface area contributed by atoms with Crippen molar-refractivity contribution < 1.29 is 24.5 Å². The summed E-state index contributed by atoms with van der Waals surface area (Å²) >= 11 is 0. The Morgan fingerprint density at radius 2 is 1.62 bits per heavy atom. The summed E-state index contributed by atoms with van der Waals surface area (Å²) in [6.45, 7) is 7.46. The van der Waals surface area contributed by atoms with Gasteiger partial charge in [0.2, 0.25) is 5.82 Å². The Kier molecular flexibility index (Phi) is 8.53. The van der Waals surface area contributed by atoms with Gasteiger partial charge in [-0.15, -0.1) is 10.2 Å². The van der Waals surface area contributed by atoms with E-state index in [1.54, 1.807) is 64.1 Å². The van der Waals surface area contributed by atoms with Crippen LogP contribution in [0.5, 0.6) is 17.2 Å². The summed E-state index contributed by atoms with van der Waals surface area (Å²) in [7, 11) is 0. The Balaban J connectivity index is 1.39. The van der Waals surface area contributed by atoms with E-state index in [4.69, 9.17) is 4.74 Å². The fourth-order valence-electron chi connectivity index (χ4n) is 4.90. The van der Waals surface area contributed by atoms with E-state index in [1.807, 2.05) is 19.1 Å². The zero-order valence-corrected chi connectivity index (χ0v) is 23.9. The molecule has 42 heavy (non-hydrogen) atoms. The molecule has 10 nitrogen and oxygen atoms in total. The van der Waals surface area contributed by atoms with E-state index in [0.717, 1.165) is 5.56 Å². The highest BCUT2D eigenvalue weighted by atomic mass is 16.5. The fourth-order valence-corrected chi connectivity index (χ4v) is 4.90. The van der Waals surface area contributed by atoms with Crippen molar-refractivity contribution in [2.75, 3.05) is 19.6 Å². The molecule has 3 N–H and O–H groups in total. The molecule has 1 aliphatic rings.